The minimum atomic E-state index is 0.311. The van der Waals surface area contributed by atoms with Crippen molar-refractivity contribution in [2.45, 2.75) is 26.8 Å². The van der Waals surface area contributed by atoms with Gasteiger partial charge in [-0.25, -0.2) is 0 Å². The highest BCUT2D eigenvalue weighted by Gasteiger charge is 2.09. The maximum Gasteiger partial charge on any atom is 0.0578 e. The van der Waals surface area contributed by atoms with Gasteiger partial charge in [0.05, 0.1) is 6.04 Å². The van der Waals surface area contributed by atoms with Gasteiger partial charge in [0.25, 0.3) is 0 Å². The van der Waals surface area contributed by atoms with Gasteiger partial charge in [-0.1, -0.05) is 17.7 Å². The van der Waals surface area contributed by atoms with E-state index < -0.39 is 0 Å². The van der Waals surface area contributed by atoms with E-state index >= 15 is 0 Å². The summed E-state index contributed by atoms with van der Waals surface area (Å²) in [5, 5.41) is 4.32. The van der Waals surface area contributed by atoms with E-state index in [1.54, 1.807) is 0 Å². The summed E-state index contributed by atoms with van der Waals surface area (Å²) in [7, 11) is 0. The van der Waals surface area contributed by atoms with Crippen LogP contribution >= 0.6 is 22.9 Å². The maximum absolute atomic E-state index is 6.11. The molecule has 1 N–H and O–H groups in total. The van der Waals surface area contributed by atoms with Gasteiger partial charge in [0.2, 0.25) is 0 Å². The zero-order valence-electron chi connectivity index (χ0n) is 10.3. The summed E-state index contributed by atoms with van der Waals surface area (Å²) in [4.78, 5) is 2.69. The molecule has 0 amide bonds. The number of benzene rings is 1. The average Bonchev–Trinajstić information content (AvgIpc) is 2.72. The van der Waals surface area contributed by atoms with Crippen LogP contribution in [0.5, 0.6) is 0 Å². The highest BCUT2D eigenvalue weighted by atomic mass is 35.5. The van der Waals surface area contributed by atoms with Crippen molar-refractivity contribution < 1.29 is 0 Å². The zero-order valence-corrected chi connectivity index (χ0v) is 11.8. The molecule has 0 aliphatic rings. The number of nitrogens with one attached hydrogen (secondary N) is 1. The van der Waals surface area contributed by atoms with Gasteiger partial charge in [-0.15, -0.1) is 11.3 Å². The van der Waals surface area contributed by atoms with E-state index in [1.165, 1.54) is 9.75 Å². The molecule has 1 aromatic heterocycles. The molecule has 17 heavy (non-hydrogen) atoms. The first-order chi connectivity index (χ1) is 8.08. The van der Waals surface area contributed by atoms with Crippen LogP contribution in [0, 0.1) is 13.8 Å². The molecule has 1 atom stereocenters. The fraction of sp³-hybridized carbons (Fsp3) is 0.286. The van der Waals surface area contributed by atoms with Crippen LogP contribution in [0.4, 0.5) is 5.69 Å². The fourth-order valence-corrected chi connectivity index (χ4v) is 2.81. The Morgan fingerprint density at radius 3 is 2.59 bits per heavy atom. The van der Waals surface area contributed by atoms with Crippen LogP contribution in [0.25, 0.3) is 0 Å². The first kappa shape index (κ1) is 12.5. The Morgan fingerprint density at radius 2 is 1.94 bits per heavy atom. The number of rotatable bonds is 3. The van der Waals surface area contributed by atoms with Gasteiger partial charge in [0.1, 0.15) is 0 Å². The lowest BCUT2D eigenvalue weighted by Crippen LogP contribution is -2.06. The largest absolute Gasteiger partial charge is 0.377 e. The van der Waals surface area contributed by atoms with Crippen LogP contribution in [0.15, 0.2) is 30.3 Å². The first-order valence-corrected chi connectivity index (χ1v) is 6.85. The second-order valence-corrected chi connectivity index (χ2v) is 5.95. The van der Waals surface area contributed by atoms with Crippen molar-refractivity contribution >= 4 is 28.6 Å². The van der Waals surface area contributed by atoms with Crippen LogP contribution in [-0.4, -0.2) is 0 Å². The van der Waals surface area contributed by atoms with E-state index in [9.17, 15) is 0 Å². The van der Waals surface area contributed by atoms with Gasteiger partial charge in [0, 0.05) is 20.5 Å². The molecule has 1 heterocycles. The van der Waals surface area contributed by atoms with Crippen molar-refractivity contribution in [1.82, 2.24) is 0 Å². The number of anilines is 1. The van der Waals surface area contributed by atoms with Gasteiger partial charge >= 0.3 is 0 Å². The highest BCUT2D eigenvalue weighted by molar-refractivity contribution is 7.12. The van der Waals surface area contributed by atoms with E-state index in [0.29, 0.717) is 6.04 Å². The third kappa shape index (κ3) is 2.82. The van der Waals surface area contributed by atoms with E-state index in [0.717, 1.165) is 16.3 Å². The SMILES string of the molecule is Cc1ccc(C(C)Nc2cccc(Cl)c2C)s1. The molecule has 0 bridgehead atoms. The van der Waals surface area contributed by atoms with Gasteiger partial charge < -0.3 is 5.32 Å². The molecule has 0 spiro atoms. The second kappa shape index (κ2) is 5.11. The molecule has 2 rings (SSSR count). The molecular weight excluding hydrogens is 250 g/mol. The van der Waals surface area contributed by atoms with Crippen LogP contribution in [0.1, 0.15) is 28.3 Å². The number of hydrogen-bond acceptors (Lipinski definition) is 2. The van der Waals surface area contributed by atoms with Crippen LogP contribution < -0.4 is 5.32 Å². The Kier molecular flexibility index (Phi) is 3.75. The molecule has 0 aliphatic carbocycles. The number of hydrogen-bond donors (Lipinski definition) is 1. The molecule has 0 radical (unpaired) electrons. The van der Waals surface area contributed by atoms with Gasteiger partial charge in [-0.3, -0.25) is 0 Å². The second-order valence-electron chi connectivity index (χ2n) is 4.23. The Hall–Kier alpha value is -0.990. The third-order valence-electron chi connectivity index (χ3n) is 2.83. The molecule has 0 saturated heterocycles. The molecule has 90 valence electrons. The van der Waals surface area contributed by atoms with E-state index in [2.05, 4.69) is 37.4 Å². The number of halogens is 1. The Bertz CT molecular complexity index is 519. The van der Waals surface area contributed by atoms with Crippen molar-refractivity contribution in [3.8, 4) is 0 Å². The average molecular weight is 266 g/mol. The van der Waals surface area contributed by atoms with Crippen LogP contribution in [-0.2, 0) is 0 Å². The Morgan fingerprint density at radius 1 is 1.18 bits per heavy atom. The van der Waals surface area contributed by atoms with Crippen molar-refractivity contribution in [2.75, 3.05) is 5.32 Å². The topological polar surface area (TPSA) is 12.0 Å². The standard InChI is InChI=1S/C14H16ClNS/c1-9-7-8-14(17-9)11(3)16-13-6-4-5-12(15)10(13)2/h4-8,11,16H,1-3H3. The lowest BCUT2D eigenvalue weighted by molar-refractivity contribution is 0.905. The molecule has 3 heteroatoms. The van der Waals surface area contributed by atoms with Crippen molar-refractivity contribution in [1.29, 1.82) is 0 Å². The molecular formula is C14H16ClNS. The molecule has 0 fully saturated rings. The molecule has 1 nitrogen and oxygen atoms in total. The van der Waals surface area contributed by atoms with E-state index in [1.807, 2.05) is 30.4 Å². The predicted molar refractivity (Wildman–Crippen MR) is 77.3 cm³/mol. The maximum atomic E-state index is 6.11. The summed E-state index contributed by atoms with van der Waals surface area (Å²) < 4.78 is 0. The summed E-state index contributed by atoms with van der Waals surface area (Å²) in [6.07, 6.45) is 0. The summed E-state index contributed by atoms with van der Waals surface area (Å²) in [6, 6.07) is 10.6. The van der Waals surface area contributed by atoms with Gasteiger partial charge in [-0.05, 0) is 50.6 Å². The molecule has 1 unspecified atom stereocenters. The zero-order chi connectivity index (χ0) is 12.4. The van der Waals surface area contributed by atoms with E-state index in [-0.39, 0.29) is 0 Å². The summed E-state index contributed by atoms with van der Waals surface area (Å²) in [6.45, 7) is 6.34. The lowest BCUT2D eigenvalue weighted by atomic mass is 10.1. The minimum absolute atomic E-state index is 0.311. The van der Waals surface area contributed by atoms with Crippen molar-refractivity contribution in [3.63, 3.8) is 0 Å². The first-order valence-electron chi connectivity index (χ1n) is 5.66. The highest BCUT2D eigenvalue weighted by Crippen LogP contribution is 2.29. The molecule has 2 aromatic rings. The number of thiophene rings is 1. The molecule has 0 aliphatic heterocycles. The van der Waals surface area contributed by atoms with Crippen molar-refractivity contribution in [3.05, 3.63) is 50.7 Å². The fourth-order valence-electron chi connectivity index (χ4n) is 1.75. The smallest absolute Gasteiger partial charge is 0.0578 e. The van der Waals surface area contributed by atoms with Crippen LogP contribution in [0.2, 0.25) is 5.02 Å². The number of aryl methyl sites for hydroxylation is 1. The normalized spacial score (nSPS) is 12.5. The summed E-state index contributed by atoms with van der Waals surface area (Å²) >= 11 is 7.94. The summed E-state index contributed by atoms with van der Waals surface area (Å²) in [5.74, 6) is 0. The van der Waals surface area contributed by atoms with Crippen LogP contribution in [0.3, 0.4) is 0 Å². The van der Waals surface area contributed by atoms with Gasteiger partial charge in [-0.2, -0.15) is 0 Å². The quantitative estimate of drug-likeness (QED) is 0.805. The third-order valence-corrected chi connectivity index (χ3v) is 4.42. The Labute approximate surface area is 111 Å². The lowest BCUT2D eigenvalue weighted by Gasteiger charge is -2.16. The summed E-state index contributed by atoms with van der Waals surface area (Å²) in [5.41, 5.74) is 2.21. The Balaban J connectivity index is 2.18. The van der Waals surface area contributed by atoms with E-state index in [4.69, 9.17) is 11.6 Å². The molecule has 1 aromatic carbocycles. The van der Waals surface area contributed by atoms with Gasteiger partial charge in [0.15, 0.2) is 0 Å². The predicted octanol–water partition coefficient (Wildman–Crippen LogP) is 5.19. The molecule has 0 saturated carbocycles. The minimum Gasteiger partial charge on any atom is -0.377 e. The van der Waals surface area contributed by atoms with Crippen molar-refractivity contribution in [2.24, 2.45) is 0 Å². The monoisotopic (exact) mass is 265 g/mol.